The van der Waals surface area contributed by atoms with Crippen molar-refractivity contribution in [2.75, 3.05) is 7.05 Å². The van der Waals surface area contributed by atoms with Gasteiger partial charge >= 0.3 is 0 Å². The molecular weight excluding hydrogens is 206 g/mol. The number of allylic oxidation sites excluding steroid dienone is 1. The molecule has 0 aromatic carbocycles. The zero-order valence-electron chi connectivity index (χ0n) is 12.3. The largest absolute Gasteiger partial charge is 0.317 e. The second-order valence-corrected chi connectivity index (χ2v) is 5.16. The van der Waals surface area contributed by atoms with Crippen molar-refractivity contribution in [3.8, 4) is 0 Å². The quantitative estimate of drug-likeness (QED) is 0.376. The fourth-order valence-electron chi connectivity index (χ4n) is 2.73. The standard InChI is InChI=1S/C16H33N/c1-5-8-9-10-11-14-16(17-4)15(12-6-2)13-7-3/h5,15-17H,1,6-14H2,2-4H3. The van der Waals surface area contributed by atoms with Gasteiger partial charge in [0.1, 0.15) is 0 Å². The molecule has 0 radical (unpaired) electrons. The molecule has 0 bridgehead atoms. The van der Waals surface area contributed by atoms with Crippen molar-refractivity contribution in [3.63, 3.8) is 0 Å². The molecule has 0 aliphatic carbocycles. The molecule has 0 saturated carbocycles. The van der Waals surface area contributed by atoms with E-state index in [0.29, 0.717) is 0 Å². The van der Waals surface area contributed by atoms with Crippen molar-refractivity contribution in [2.45, 2.75) is 77.7 Å². The SMILES string of the molecule is C=CCCCCCC(NC)C(CCC)CCC. The molecule has 1 atom stereocenters. The number of hydrogen-bond acceptors (Lipinski definition) is 1. The van der Waals surface area contributed by atoms with Gasteiger partial charge in [-0.25, -0.2) is 0 Å². The molecule has 0 heterocycles. The fourth-order valence-corrected chi connectivity index (χ4v) is 2.73. The Morgan fingerprint density at radius 1 is 1.00 bits per heavy atom. The van der Waals surface area contributed by atoms with Gasteiger partial charge in [0.05, 0.1) is 0 Å². The molecule has 17 heavy (non-hydrogen) atoms. The van der Waals surface area contributed by atoms with Crippen LogP contribution in [-0.2, 0) is 0 Å². The van der Waals surface area contributed by atoms with Gasteiger partial charge in [-0.3, -0.25) is 0 Å². The third-order valence-corrected chi connectivity index (χ3v) is 3.68. The summed E-state index contributed by atoms with van der Waals surface area (Å²) in [4.78, 5) is 0. The van der Waals surface area contributed by atoms with Crippen LogP contribution < -0.4 is 5.32 Å². The van der Waals surface area contributed by atoms with Crippen molar-refractivity contribution < 1.29 is 0 Å². The van der Waals surface area contributed by atoms with Gasteiger partial charge in [-0.2, -0.15) is 0 Å². The zero-order valence-corrected chi connectivity index (χ0v) is 12.3. The third kappa shape index (κ3) is 8.43. The van der Waals surface area contributed by atoms with E-state index in [1.165, 1.54) is 57.8 Å². The van der Waals surface area contributed by atoms with Crippen molar-refractivity contribution >= 4 is 0 Å². The highest BCUT2D eigenvalue weighted by molar-refractivity contribution is 4.75. The predicted octanol–water partition coefficient (Wildman–Crippen LogP) is 4.93. The second-order valence-electron chi connectivity index (χ2n) is 5.16. The molecule has 0 fully saturated rings. The summed E-state index contributed by atoms with van der Waals surface area (Å²) in [7, 11) is 2.13. The van der Waals surface area contributed by atoms with Crippen molar-refractivity contribution in [1.82, 2.24) is 5.32 Å². The van der Waals surface area contributed by atoms with Crippen molar-refractivity contribution in [1.29, 1.82) is 0 Å². The van der Waals surface area contributed by atoms with Crippen LogP contribution in [0.5, 0.6) is 0 Å². The highest BCUT2D eigenvalue weighted by Gasteiger charge is 2.17. The van der Waals surface area contributed by atoms with Crippen LogP contribution in [0.3, 0.4) is 0 Å². The molecule has 1 heteroatoms. The van der Waals surface area contributed by atoms with Crippen LogP contribution in [0.15, 0.2) is 12.7 Å². The summed E-state index contributed by atoms with van der Waals surface area (Å²) in [6.45, 7) is 8.38. The Bertz CT molecular complexity index is 159. The Morgan fingerprint density at radius 2 is 1.65 bits per heavy atom. The molecule has 0 spiro atoms. The zero-order chi connectivity index (χ0) is 12.9. The van der Waals surface area contributed by atoms with Crippen LogP contribution in [0.25, 0.3) is 0 Å². The van der Waals surface area contributed by atoms with E-state index in [4.69, 9.17) is 0 Å². The van der Waals surface area contributed by atoms with Gasteiger partial charge < -0.3 is 5.32 Å². The maximum atomic E-state index is 3.77. The molecule has 0 aliphatic heterocycles. The Balaban J connectivity index is 3.86. The third-order valence-electron chi connectivity index (χ3n) is 3.68. The van der Waals surface area contributed by atoms with Crippen molar-refractivity contribution in [2.24, 2.45) is 5.92 Å². The van der Waals surface area contributed by atoms with Crippen LogP contribution >= 0.6 is 0 Å². The van der Waals surface area contributed by atoms with Crippen molar-refractivity contribution in [3.05, 3.63) is 12.7 Å². The molecule has 1 N–H and O–H groups in total. The first-order valence-electron chi connectivity index (χ1n) is 7.58. The molecular formula is C16H33N. The van der Waals surface area contributed by atoms with Gasteiger partial charge in [-0.05, 0) is 45.1 Å². The molecule has 0 rings (SSSR count). The Morgan fingerprint density at radius 3 is 2.12 bits per heavy atom. The van der Waals surface area contributed by atoms with Crippen LogP contribution in [0, 0.1) is 5.92 Å². The Labute approximate surface area is 109 Å². The van der Waals surface area contributed by atoms with E-state index >= 15 is 0 Å². The minimum atomic E-state index is 0.735. The maximum Gasteiger partial charge on any atom is 0.00923 e. The van der Waals surface area contributed by atoms with Crippen LogP contribution in [0.2, 0.25) is 0 Å². The molecule has 102 valence electrons. The highest BCUT2D eigenvalue weighted by Crippen LogP contribution is 2.21. The molecule has 0 saturated heterocycles. The average molecular weight is 239 g/mol. The summed E-state index contributed by atoms with van der Waals surface area (Å²) in [6.07, 6.45) is 14.0. The predicted molar refractivity (Wildman–Crippen MR) is 79.4 cm³/mol. The lowest BCUT2D eigenvalue weighted by molar-refractivity contribution is 0.303. The summed E-state index contributed by atoms with van der Waals surface area (Å²) < 4.78 is 0. The summed E-state index contributed by atoms with van der Waals surface area (Å²) in [5, 5.41) is 3.54. The lowest BCUT2D eigenvalue weighted by Crippen LogP contribution is -2.33. The smallest absolute Gasteiger partial charge is 0.00923 e. The van der Waals surface area contributed by atoms with E-state index in [-0.39, 0.29) is 0 Å². The van der Waals surface area contributed by atoms with Gasteiger partial charge in [0.15, 0.2) is 0 Å². The summed E-state index contributed by atoms with van der Waals surface area (Å²) in [5.41, 5.74) is 0. The van der Waals surface area contributed by atoms with E-state index in [9.17, 15) is 0 Å². The van der Waals surface area contributed by atoms with E-state index in [1.54, 1.807) is 0 Å². The Hall–Kier alpha value is -0.300. The van der Waals surface area contributed by atoms with E-state index < -0.39 is 0 Å². The number of unbranched alkanes of at least 4 members (excludes halogenated alkanes) is 3. The highest BCUT2D eigenvalue weighted by atomic mass is 14.9. The van der Waals surface area contributed by atoms with Crippen LogP contribution in [0.1, 0.15) is 71.6 Å². The van der Waals surface area contributed by atoms with Gasteiger partial charge in [-0.1, -0.05) is 45.6 Å². The first-order valence-corrected chi connectivity index (χ1v) is 7.58. The van der Waals surface area contributed by atoms with E-state index in [0.717, 1.165) is 12.0 Å². The monoisotopic (exact) mass is 239 g/mol. The molecule has 1 nitrogen and oxygen atoms in total. The minimum absolute atomic E-state index is 0.735. The van der Waals surface area contributed by atoms with Crippen LogP contribution in [0.4, 0.5) is 0 Å². The molecule has 0 aliphatic rings. The summed E-state index contributed by atoms with van der Waals surface area (Å²) >= 11 is 0. The topological polar surface area (TPSA) is 12.0 Å². The number of hydrogen-bond donors (Lipinski definition) is 1. The van der Waals surface area contributed by atoms with Gasteiger partial charge in [0.25, 0.3) is 0 Å². The molecule has 0 amide bonds. The first kappa shape index (κ1) is 16.7. The molecule has 0 aromatic rings. The normalized spacial score (nSPS) is 12.9. The van der Waals surface area contributed by atoms with E-state index in [1.807, 2.05) is 6.08 Å². The molecule has 0 aromatic heterocycles. The fraction of sp³-hybridized carbons (Fsp3) is 0.875. The second kappa shape index (κ2) is 12.2. The number of rotatable bonds is 12. The van der Waals surface area contributed by atoms with Gasteiger partial charge in [0.2, 0.25) is 0 Å². The molecule has 1 unspecified atom stereocenters. The van der Waals surface area contributed by atoms with E-state index in [2.05, 4.69) is 32.8 Å². The summed E-state index contributed by atoms with van der Waals surface area (Å²) in [5.74, 6) is 0.884. The summed E-state index contributed by atoms with van der Waals surface area (Å²) in [6, 6.07) is 0.735. The Kier molecular flexibility index (Phi) is 12.0. The minimum Gasteiger partial charge on any atom is -0.317 e. The average Bonchev–Trinajstić information content (AvgIpc) is 2.34. The maximum absolute atomic E-state index is 3.77. The number of nitrogens with one attached hydrogen (secondary N) is 1. The lowest BCUT2D eigenvalue weighted by atomic mass is 9.87. The first-order chi connectivity index (χ1) is 8.29. The lowest BCUT2D eigenvalue weighted by Gasteiger charge is -2.26. The van der Waals surface area contributed by atoms with Crippen LogP contribution in [-0.4, -0.2) is 13.1 Å². The van der Waals surface area contributed by atoms with Gasteiger partial charge in [-0.15, -0.1) is 6.58 Å². The van der Waals surface area contributed by atoms with Gasteiger partial charge in [0, 0.05) is 6.04 Å².